The van der Waals surface area contributed by atoms with E-state index in [1.54, 1.807) is 0 Å². The largest absolute Gasteiger partial charge is 0.491 e. The highest BCUT2D eigenvalue weighted by molar-refractivity contribution is 9.12. The Morgan fingerprint density at radius 1 is 1.46 bits per heavy atom. The number of rotatable bonds is 4. The fourth-order valence-electron chi connectivity index (χ4n) is 3.34. The van der Waals surface area contributed by atoms with Crippen LogP contribution in [0.25, 0.3) is 0 Å². The van der Waals surface area contributed by atoms with Crippen LogP contribution in [0.4, 0.5) is 13.2 Å². The van der Waals surface area contributed by atoms with E-state index in [2.05, 4.69) is 26.1 Å². The molecule has 0 aromatic heterocycles. The first-order valence-corrected chi connectivity index (χ1v) is 9.07. The van der Waals surface area contributed by atoms with Gasteiger partial charge in [-0.15, -0.1) is 0 Å². The van der Waals surface area contributed by atoms with Crippen molar-refractivity contribution in [2.45, 2.75) is 31.6 Å². The van der Waals surface area contributed by atoms with E-state index in [0.717, 1.165) is 17.8 Å². The van der Waals surface area contributed by atoms with Gasteiger partial charge in [0.25, 0.3) is 0 Å². The van der Waals surface area contributed by atoms with Gasteiger partial charge < -0.3 is 15.8 Å². The van der Waals surface area contributed by atoms with Gasteiger partial charge in [-0.25, -0.2) is 0 Å². The Bertz CT molecular complexity index is 749. The number of nitrogens with one attached hydrogen (secondary N) is 1. The molecule has 0 aromatic rings. The standard InChI is InChI=1S/C18H21BrF3N3O/c1-10-14-8-25(2)16-6-17(26-9-11(23)7-18(20,21)22)15(19)5-13(16)12(14)3-4-24-10/h3-6,11,16,24H,7-9,23H2,1-2H3. The molecule has 4 nitrogen and oxygen atoms in total. The third-order valence-electron chi connectivity index (χ3n) is 4.61. The Kier molecular flexibility index (Phi) is 5.37. The molecule has 0 saturated heterocycles. The predicted molar refractivity (Wildman–Crippen MR) is 98.1 cm³/mol. The number of fused-ring (bicyclic) bond motifs is 2. The van der Waals surface area contributed by atoms with Gasteiger partial charge in [-0.3, -0.25) is 4.90 Å². The van der Waals surface area contributed by atoms with Gasteiger partial charge in [0.1, 0.15) is 12.4 Å². The monoisotopic (exact) mass is 431 g/mol. The van der Waals surface area contributed by atoms with Gasteiger partial charge in [-0.05, 0) is 64.8 Å². The van der Waals surface area contributed by atoms with Crippen LogP contribution in [0.5, 0.6) is 0 Å². The fourth-order valence-corrected chi connectivity index (χ4v) is 3.83. The topological polar surface area (TPSA) is 50.5 Å². The second-order valence-electron chi connectivity index (χ2n) is 6.72. The molecular formula is C18H21BrF3N3O. The molecule has 3 N–H and O–H groups in total. The number of dihydropyridines is 1. The van der Waals surface area contributed by atoms with Crippen LogP contribution < -0.4 is 11.1 Å². The molecule has 26 heavy (non-hydrogen) atoms. The van der Waals surface area contributed by atoms with E-state index in [0.29, 0.717) is 10.2 Å². The second kappa shape index (κ2) is 7.25. The van der Waals surface area contributed by atoms with Gasteiger partial charge in [0.15, 0.2) is 0 Å². The molecule has 8 heteroatoms. The minimum absolute atomic E-state index is 0.000518. The van der Waals surface area contributed by atoms with Crippen LogP contribution in [0.1, 0.15) is 13.3 Å². The van der Waals surface area contributed by atoms with Crippen molar-refractivity contribution in [3.05, 3.63) is 57.1 Å². The van der Waals surface area contributed by atoms with Crippen molar-refractivity contribution in [3.8, 4) is 0 Å². The highest BCUT2D eigenvalue weighted by atomic mass is 79.9. The Labute approximate surface area is 159 Å². The summed E-state index contributed by atoms with van der Waals surface area (Å²) in [7, 11) is 2.01. The smallest absolute Gasteiger partial charge is 0.390 e. The van der Waals surface area contributed by atoms with Crippen LogP contribution in [-0.2, 0) is 4.74 Å². The number of allylic oxidation sites excluding steroid dienone is 3. The molecule has 0 spiro atoms. The third-order valence-corrected chi connectivity index (χ3v) is 5.23. The van der Waals surface area contributed by atoms with Crippen LogP contribution in [0.15, 0.2) is 57.1 Å². The third kappa shape index (κ3) is 4.07. The van der Waals surface area contributed by atoms with Crippen LogP contribution in [0.2, 0.25) is 0 Å². The maximum atomic E-state index is 12.4. The number of likely N-dealkylation sites (N-methyl/N-ethyl adjacent to an activating group) is 1. The molecule has 142 valence electrons. The van der Waals surface area contributed by atoms with E-state index in [4.69, 9.17) is 10.5 Å². The van der Waals surface area contributed by atoms with E-state index >= 15 is 0 Å². The first-order chi connectivity index (χ1) is 12.2. The van der Waals surface area contributed by atoms with E-state index in [1.807, 2.05) is 38.4 Å². The summed E-state index contributed by atoms with van der Waals surface area (Å²) in [6.45, 7) is 2.63. The zero-order valence-corrected chi connectivity index (χ0v) is 16.1. The molecule has 2 atom stereocenters. The summed E-state index contributed by atoms with van der Waals surface area (Å²) in [5.41, 5.74) is 10.2. The van der Waals surface area contributed by atoms with Crippen LogP contribution in [0.3, 0.4) is 0 Å². The van der Waals surface area contributed by atoms with Crippen LogP contribution in [-0.4, -0.2) is 43.4 Å². The van der Waals surface area contributed by atoms with Crippen LogP contribution in [0, 0.1) is 0 Å². The zero-order chi connectivity index (χ0) is 19.1. The molecule has 2 aliphatic heterocycles. The minimum Gasteiger partial charge on any atom is -0.491 e. The van der Waals surface area contributed by atoms with Crippen molar-refractivity contribution in [1.82, 2.24) is 10.2 Å². The Morgan fingerprint density at radius 3 is 2.88 bits per heavy atom. The number of alkyl halides is 3. The molecular weight excluding hydrogens is 411 g/mol. The second-order valence-corrected chi connectivity index (χ2v) is 7.58. The van der Waals surface area contributed by atoms with E-state index in [-0.39, 0.29) is 12.6 Å². The summed E-state index contributed by atoms with van der Waals surface area (Å²) in [6, 6.07) is -1.09. The summed E-state index contributed by atoms with van der Waals surface area (Å²) >= 11 is 3.48. The molecule has 2 heterocycles. The number of hydrogen-bond acceptors (Lipinski definition) is 4. The molecule has 0 amide bonds. The van der Waals surface area contributed by atoms with Gasteiger partial charge in [-0.2, -0.15) is 13.2 Å². The van der Waals surface area contributed by atoms with Gasteiger partial charge >= 0.3 is 6.18 Å². The van der Waals surface area contributed by atoms with Gasteiger partial charge in [0, 0.05) is 24.5 Å². The number of hydrogen-bond donors (Lipinski definition) is 2. The lowest BCUT2D eigenvalue weighted by Gasteiger charge is -2.38. The molecule has 0 fully saturated rings. The first kappa shape index (κ1) is 19.3. The summed E-state index contributed by atoms with van der Waals surface area (Å²) < 4.78 is 43.5. The van der Waals surface area contributed by atoms with Crippen molar-refractivity contribution in [2.24, 2.45) is 5.73 Å². The Hall–Kier alpha value is -1.51. The average molecular weight is 432 g/mol. The molecule has 1 aliphatic carbocycles. The lowest BCUT2D eigenvalue weighted by Crippen LogP contribution is -2.41. The molecule has 3 rings (SSSR count). The van der Waals surface area contributed by atoms with Crippen molar-refractivity contribution < 1.29 is 17.9 Å². The fraction of sp³-hybridized carbons (Fsp3) is 0.444. The molecule has 3 aliphatic rings. The summed E-state index contributed by atoms with van der Waals surface area (Å²) in [5.74, 6) is 0.519. The Balaban J connectivity index is 1.80. The van der Waals surface area contributed by atoms with Crippen molar-refractivity contribution >= 4 is 15.9 Å². The van der Waals surface area contributed by atoms with E-state index in [9.17, 15) is 13.2 Å². The van der Waals surface area contributed by atoms with Crippen molar-refractivity contribution in [1.29, 1.82) is 0 Å². The molecule has 0 radical (unpaired) electrons. The molecule has 0 saturated carbocycles. The number of ether oxygens (including phenoxy) is 1. The maximum absolute atomic E-state index is 12.4. The summed E-state index contributed by atoms with van der Waals surface area (Å²) in [6.07, 6.45) is 2.51. The highest BCUT2D eigenvalue weighted by Crippen LogP contribution is 2.38. The van der Waals surface area contributed by atoms with Crippen molar-refractivity contribution in [3.63, 3.8) is 0 Å². The molecule has 0 bridgehead atoms. The van der Waals surface area contributed by atoms with Gasteiger partial charge in [0.05, 0.1) is 16.9 Å². The van der Waals surface area contributed by atoms with Gasteiger partial charge in [0.2, 0.25) is 0 Å². The normalized spacial score (nSPS) is 24.5. The maximum Gasteiger partial charge on any atom is 0.390 e. The number of nitrogens with zero attached hydrogens (tertiary/aromatic N) is 1. The average Bonchev–Trinajstić information content (AvgIpc) is 2.53. The summed E-state index contributed by atoms with van der Waals surface area (Å²) in [4.78, 5) is 2.17. The lowest BCUT2D eigenvalue weighted by molar-refractivity contribution is -0.140. The van der Waals surface area contributed by atoms with E-state index < -0.39 is 18.6 Å². The Morgan fingerprint density at radius 2 is 2.19 bits per heavy atom. The van der Waals surface area contributed by atoms with E-state index in [1.165, 1.54) is 11.1 Å². The lowest BCUT2D eigenvalue weighted by atomic mass is 9.85. The highest BCUT2D eigenvalue weighted by Gasteiger charge is 2.33. The number of halogens is 4. The van der Waals surface area contributed by atoms with Crippen LogP contribution >= 0.6 is 15.9 Å². The first-order valence-electron chi connectivity index (χ1n) is 8.28. The van der Waals surface area contributed by atoms with Gasteiger partial charge in [-0.1, -0.05) is 0 Å². The van der Waals surface area contributed by atoms with Crippen molar-refractivity contribution in [2.75, 3.05) is 20.2 Å². The SMILES string of the molecule is CC1=C2CN(C)C3C=C(OCC(N)CC(F)(F)F)C(Br)=CC3=C2C=CN1. The summed E-state index contributed by atoms with van der Waals surface area (Å²) in [5, 5.41) is 3.23. The molecule has 2 unspecified atom stereocenters. The minimum atomic E-state index is -4.29. The predicted octanol–water partition coefficient (Wildman–Crippen LogP) is 3.46. The number of nitrogens with two attached hydrogens (primary N) is 1. The quantitative estimate of drug-likeness (QED) is 0.715. The molecule has 0 aromatic carbocycles. The zero-order valence-electron chi connectivity index (χ0n) is 14.5.